The Hall–Kier alpha value is 0.650. The van der Waals surface area contributed by atoms with Crippen LogP contribution in [0, 0.1) is 11.8 Å². The van der Waals surface area contributed by atoms with Crippen molar-refractivity contribution in [3.05, 3.63) is 0 Å². The molecular weight excluding hydrogens is 299 g/mol. The minimum Gasteiger partial charge on any atom is -0.306 e. The minimum atomic E-state index is 1.04. The zero-order valence-electron chi connectivity index (χ0n) is 9.79. The Balaban J connectivity index is 1.75. The van der Waals surface area contributed by atoms with Gasteiger partial charge in [-0.05, 0) is 70.7 Å². The third kappa shape index (κ3) is 3.30. The molecule has 0 amide bonds. The topological polar surface area (TPSA) is 6.48 Å². The molecule has 0 aromatic rings. The molecule has 0 unspecified atom stereocenters. The van der Waals surface area contributed by atoms with Crippen LogP contribution in [0.4, 0.5) is 0 Å². The highest BCUT2D eigenvalue weighted by molar-refractivity contribution is 14.1. The molecule has 0 atom stereocenters. The second-order valence-corrected chi connectivity index (χ2v) is 5.90. The van der Waals surface area contributed by atoms with Crippen molar-refractivity contribution in [3.8, 4) is 0 Å². The number of halogens is 1. The van der Waals surface area contributed by atoms with Gasteiger partial charge in [-0.15, -0.1) is 0 Å². The van der Waals surface area contributed by atoms with Gasteiger partial charge in [-0.3, -0.25) is 4.90 Å². The minimum absolute atomic E-state index is 1.04. The van der Waals surface area contributed by atoms with Gasteiger partial charge in [0.2, 0.25) is 0 Å². The number of likely N-dealkylation sites (tertiary alicyclic amines) is 2. The van der Waals surface area contributed by atoms with Crippen molar-refractivity contribution < 1.29 is 0 Å². The average molecular weight is 322 g/mol. The van der Waals surface area contributed by atoms with Gasteiger partial charge in [0.25, 0.3) is 0 Å². The number of hydrogen-bond acceptors (Lipinski definition) is 2. The third-order valence-corrected chi connectivity index (χ3v) is 5.20. The van der Waals surface area contributed by atoms with Crippen molar-refractivity contribution in [1.82, 2.24) is 9.80 Å². The van der Waals surface area contributed by atoms with Gasteiger partial charge in [-0.2, -0.15) is 0 Å². The van der Waals surface area contributed by atoms with Gasteiger partial charge in [0, 0.05) is 0 Å². The predicted molar refractivity (Wildman–Crippen MR) is 73.4 cm³/mol. The largest absolute Gasteiger partial charge is 0.306 e. The Morgan fingerprint density at radius 1 is 0.933 bits per heavy atom. The Morgan fingerprint density at radius 3 is 1.87 bits per heavy atom. The molecule has 0 bridgehead atoms. The summed E-state index contributed by atoms with van der Waals surface area (Å²) in [5, 5.41) is 0. The van der Waals surface area contributed by atoms with Gasteiger partial charge < -0.3 is 4.90 Å². The fourth-order valence-corrected chi connectivity index (χ4v) is 3.73. The maximum atomic E-state index is 2.59. The molecular formula is C12H23IN2. The van der Waals surface area contributed by atoms with E-state index in [0.29, 0.717) is 0 Å². The van der Waals surface area contributed by atoms with Gasteiger partial charge in [0.15, 0.2) is 0 Å². The molecule has 2 heterocycles. The lowest BCUT2D eigenvalue weighted by Crippen LogP contribution is -2.39. The van der Waals surface area contributed by atoms with Crippen molar-refractivity contribution in [2.75, 3.05) is 37.8 Å². The molecule has 0 aromatic carbocycles. The van der Waals surface area contributed by atoms with Crippen LogP contribution in [0.2, 0.25) is 0 Å². The number of hydrogen-bond donors (Lipinski definition) is 0. The molecule has 2 nitrogen and oxygen atoms in total. The van der Waals surface area contributed by atoms with E-state index in [1.807, 2.05) is 0 Å². The number of nitrogens with zero attached hydrogens (tertiary/aromatic N) is 2. The van der Waals surface area contributed by atoms with Crippen molar-refractivity contribution in [2.45, 2.75) is 25.7 Å². The lowest BCUT2D eigenvalue weighted by atomic mass is 9.79. The molecule has 0 radical (unpaired) electrons. The number of piperidine rings is 2. The Kier molecular flexibility index (Phi) is 4.70. The van der Waals surface area contributed by atoms with Crippen LogP contribution >= 0.6 is 22.6 Å². The summed E-state index contributed by atoms with van der Waals surface area (Å²) in [5.74, 6) is 2.08. The molecule has 0 spiro atoms. The maximum Gasteiger partial charge on any atom is 0.0505 e. The lowest BCUT2D eigenvalue weighted by Gasteiger charge is -2.38. The van der Waals surface area contributed by atoms with Crippen molar-refractivity contribution >= 4 is 22.6 Å². The van der Waals surface area contributed by atoms with E-state index < -0.39 is 0 Å². The lowest BCUT2D eigenvalue weighted by molar-refractivity contribution is 0.116. The van der Waals surface area contributed by atoms with E-state index in [1.54, 1.807) is 0 Å². The van der Waals surface area contributed by atoms with Crippen molar-refractivity contribution in [1.29, 1.82) is 0 Å². The summed E-state index contributed by atoms with van der Waals surface area (Å²) in [6.07, 6.45) is 5.81. The molecule has 15 heavy (non-hydrogen) atoms. The molecule has 2 fully saturated rings. The van der Waals surface area contributed by atoms with Gasteiger partial charge >= 0.3 is 0 Å². The molecule has 88 valence electrons. The van der Waals surface area contributed by atoms with Crippen LogP contribution in [0.25, 0.3) is 0 Å². The van der Waals surface area contributed by atoms with Gasteiger partial charge in [0.05, 0.1) is 4.55 Å². The summed E-state index contributed by atoms with van der Waals surface area (Å²) < 4.78 is 1.22. The average Bonchev–Trinajstić information content (AvgIpc) is 2.30. The first-order valence-corrected chi connectivity index (χ1v) is 7.79. The van der Waals surface area contributed by atoms with E-state index in [1.165, 1.54) is 56.4 Å². The van der Waals surface area contributed by atoms with Crippen LogP contribution in [0.15, 0.2) is 0 Å². The molecule has 0 aliphatic carbocycles. The zero-order chi connectivity index (χ0) is 10.7. The second kappa shape index (κ2) is 5.82. The van der Waals surface area contributed by atoms with Gasteiger partial charge in [0.1, 0.15) is 0 Å². The van der Waals surface area contributed by atoms with Crippen LogP contribution in [0.5, 0.6) is 0 Å². The van der Waals surface area contributed by atoms with E-state index in [0.717, 1.165) is 11.8 Å². The highest BCUT2D eigenvalue weighted by Crippen LogP contribution is 2.32. The molecule has 2 aliphatic rings. The standard InChI is InChI=1S/C12H23IN2/c1-14-6-2-11(3-7-14)12-4-8-15(10-13)9-5-12/h11-12H,2-10H2,1H3. The van der Waals surface area contributed by atoms with E-state index in [4.69, 9.17) is 0 Å². The molecule has 0 N–H and O–H groups in total. The summed E-state index contributed by atoms with van der Waals surface area (Å²) >= 11 is 2.49. The van der Waals surface area contributed by atoms with Crippen LogP contribution < -0.4 is 0 Å². The normalized spacial score (nSPS) is 28.4. The monoisotopic (exact) mass is 322 g/mol. The first-order valence-electron chi connectivity index (χ1n) is 6.26. The molecule has 2 aliphatic heterocycles. The summed E-state index contributed by atoms with van der Waals surface area (Å²) in [6.45, 7) is 5.36. The highest BCUT2D eigenvalue weighted by atomic mass is 127. The van der Waals surface area contributed by atoms with Crippen LogP contribution in [0.1, 0.15) is 25.7 Å². The smallest absolute Gasteiger partial charge is 0.0505 e. The van der Waals surface area contributed by atoms with Gasteiger partial charge in [-0.25, -0.2) is 0 Å². The summed E-state index contributed by atoms with van der Waals surface area (Å²) in [6, 6.07) is 0. The van der Waals surface area contributed by atoms with Crippen LogP contribution in [0.3, 0.4) is 0 Å². The Bertz CT molecular complexity index is 182. The zero-order valence-corrected chi connectivity index (χ0v) is 11.9. The highest BCUT2D eigenvalue weighted by Gasteiger charge is 2.28. The van der Waals surface area contributed by atoms with Crippen LogP contribution in [-0.4, -0.2) is 47.6 Å². The van der Waals surface area contributed by atoms with Gasteiger partial charge in [-0.1, -0.05) is 22.6 Å². The quantitative estimate of drug-likeness (QED) is 0.438. The fourth-order valence-electron chi connectivity index (χ4n) is 3.04. The molecule has 0 aromatic heterocycles. The third-order valence-electron chi connectivity index (χ3n) is 4.23. The summed E-state index contributed by atoms with van der Waals surface area (Å²) in [5.41, 5.74) is 0. The summed E-state index contributed by atoms with van der Waals surface area (Å²) in [7, 11) is 2.26. The van der Waals surface area contributed by atoms with Crippen molar-refractivity contribution in [3.63, 3.8) is 0 Å². The Morgan fingerprint density at radius 2 is 1.40 bits per heavy atom. The van der Waals surface area contributed by atoms with E-state index >= 15 is 0 Å². The first-order chi connectivity index (χ1) is 7.29. The van der Waals surface area contributed by atoms with E-state index in [9.17, 15) is 0 Å². The second-order valence-electron chi connectivity index (χ2n) is 5.22. The maximum absolute atomic E-state index is 2.59. The molecule has 2 saturated heterocycles. The van der Waals surface area contributed by atoms with Crippen LogP contribution in [-0.2, 0) is 0 Å². The molecule has 3 heteroatoms. The Labute approximate surface area is 108 Å². The summed E-state index contributed by atoms with van der Waals surface area (Å²) in [4.78, 5) is 5.07. The molecule has 2 rings (SSSR count). The number of alkyl halides is 1. The van der Waals surface area contributed by atoms with E-state index in [-0.39, 0.29) is 0 Å². The fraction of sp³-hybridized carbons (Fsp3) is 1.00. The van der Waals surface area contributed by atoms with Crippen molar-refractivity contribution in [2.24, 2.45) is 11.8 Å². The van der Waals surface area contributed by atoms with E-state index in [2.05, 4.69) is 39.4 Å². The SMILES string of the molecule is CN1CCC(C2CCN(CI)CC2)CC1. The number of rotatable bonds is 2. The first kappa shape index (κ1) is 12.1. The predicted octanol–water partition coefficient (Wildman–Crippen LogP) is 2.43. The molecule has 0 saturated carbocycles.